The average Bonchev–Trinajstić information content (AvgIpc) is 3.60. The van der Waals surface area contributed by atoms with Gasteiger partial charge in [0.05, 0.1) is 22.9 Å². The Hall–Kier alpha value is -4.09. The number of carbonyl (C=O) groups is 2. The van der Waals surface area contributed by atoms with E-state index in [-0.39, 0.29) is 12.3 Å². The van der Waals surface area contributed by atoms with Gasteiger partial charge in [-0.05, 0) is 63.4 Å². The second-order valence-corrected chi connectivity index (χ2v) is 12.5. The third-order valence-corrected chi connectivity index (χ3v) is 7.77. The molecule has 2 amide bonds. The number of halogens is 1. The van der Waals surface area contributed by atoms with E-state index in [9.17, 15) is 14.0 Å². The van der Waals surface area contributed by atoms with Gasteiger partial charge in [-0.2, -0.15) is 0 Å². The Morgan fingerprint density at radius 3 is 2.64 bits per heavy atom. The number of carbonyl (C=O) groups excluding carboxylic acids is 2. The lowest BCUT2D eigenvalue weighted by molar-refractivity contribution is 0.0388. The van der Waals surface area contributed by atoms with Gasteiger partial charge < -0.3 is 19.9 Å². The highest BCUT2D eigenvalue weighted by Crippen LogP contribution is 2.27. The van der Waals surface area contributed by atoms with Crippen LogP contribution in [0, 0.1) is 6.92 Å². The number of benzene rings is 2. The van der Waals surface area contributed by atoms with Crippen LogP contribution in [0.25, 0.3) is 16.1 Å². The third kappa shape index (κ3) is 7.59. The fourth-order valence-corrected chi connectivity index (χ4v) is 5.65. The molecule has 0 radical (unpaired) electrons. The Kier molecular flexibility index (Phi) is 8.69. The Morgan fingerprint density at radius 1 is 1.14 bits per heavy atom. The molecule has 2 aromatic heterocycles. The normalized spacial score (nSPS) is 17.5. The number of ether oxygens (including phenoxy) is 1. The van der Waals surface area contributed by atoms with E-state index in [4.69, 9.17) is 4.74 Å². The molecule has 1 saturated heterocycles. The van der Waals surface area contributed by atoms with Crippen LogP contribution < -0.4 is 10.6 Å². The molecule has 2 atom stereocenters. The molecule has 42 heavy (non-hydrogen) atoms. The molecule has 0 unspecified atom stereocenters. The molecule has 1 fully saturated rings. The van der Waals surface area contributed by atoms with Gasteiger partial charge in [0.2, 0.25) is 0 Å². The number of amides is 2. The summed E-state index contributed by atoms with van der Waals surface area (Å²) in [7, 11) is 0. The molecule has 0 aliphatic carbocycles. The van der Waals surface area contributed by atoms with Gasteiger partial charge in [-0.3, -0.25) is 9.69 Å². The van der Waals surface area contributed by atoms with Crippen molar-refractivity contribution in [3.63, 3.8) is 0 Å². The summed E-state index contributed by atoms with van der Waals surface area (Å²) in [6.45, 7) is 8.59. The van der Waals surface area contributed by atoms with Gasteiger partial charge in [-0.15, -0.1) is 11.3 Å². The Bertz CT molecular complexity index is 1550. The minimum absolute atomic E-state index is 0.290. The van der Waals surface area contributed by atoms with Crippen molar-refractivity contribution >= 4 is 29.0 Å². The molecule has 2 aromatic carbocycles. The van der Waals surface area contributed by atoms with Crippen LogP contribution in [0.5, 0.6) is 0 Å². The number of hydrogen-bond donors (Lipinski definition) is 2. The number of alkyl carbamates (subject to hydrolysis) is 1. The Labute approximate surface area is 248 Å². The van der Waals surface area contributed by atoms with Crippen LogP contribution in [0.1, 0.15) is 48.3 Å². The zero-order valence-electron chi connectivity index (χ0n) is 24.1. The highest BCUT2D eigenvalue weighted by atomic mass is 32.1. The summed E-state index contributed by atoms with van der Waals surface area (Å²) in [5, 5.41) is 6.06. The fraction of sp³-hybridized carbons (Fsp3) is 0.355. The van der Waals surface area contributed by atoms with Crippen LogP contribution in [0.4, 0.5) is 14.9 Å². The van der Waals surface area contributed by atoms with Gasteiger partial charge in [-0.1, -0.05) is 30.3 Å². The van der Waals surface area contributed by atoms with Crippen molar-refractivity contribution in [3.8, 4) is 16.1 Å². The van der Waals surface area contributed by atoms with Crippen LogP contribution in [-0.2, 0) is 11.3 Å². The van der Waals surface area contributed by atoms with Crippen molar-refractivity contribution in [1.82, 2.24) is 24.8 Å². The van der Waals surface area contributed by atoms with Crippen molar-refractivity contribution in [1.29, 1.82) is 0 Å². The quantitative estimate of drug-likeness (QED) is 0.274. The molecular formula is C31H35FN6O3S. The van der Waals surface area contributed by atoms with E-state index in [1.54, 1.807) is 33.3 Å². The van der Waals surface area contributed by atoms with E-state index in [1.807, 2.05) is 66.2 Å². The molecule has 220 valence electrons. The molecule has 2 N–H and O–H groups in total. The summed E-state index contributed by atoms with van der Waals surface area (Å²) in [6.07, 6.45) is 3.84. The van der Waals surface area contributed by atoms with Gasteiger partial charge in [-0.25, -0.2) is 19.2 Å². The number of aromatic nitrogens is 3. The van der Waals surface area contributed by atoms with Crippen molar-refractivity contribution in [2.45, 2.75) is 58.5 Å². The molecule has 0 saturated carbocycles. The number of alkyl halides is 1. The minimum Gasteiger partial charge on any atom is -0.444 e. The first kappa shape index (κ1) is 29.4. The zero-order chi connectivity index (χ0) is 29.9. The van der Waals surface area contributed by atoms with Gasteiger partial charge in [0.1, 0.15) is 11.8 Å². The summed E-state index contributed by atoms with van der Waals surface area (Å²) in [5.74, 6) is -0.299. The first-order valence-electron chi connectivity index (χ1n) is 13.9. The van der Waals surface area contributed by atoms with E-state index >= 15 is 0 Å². The number of aryl methyl sites for hydroxylation is 1. The molecule has 11 heteroatoms. The van der Waals surface area contributed by atoms with Gasteiger partial charge >= 0.3 is 6.09 Å². The number of likely N-dealkylation sites (tertiary alicyclic amines) is 1. The summed E-state index contributed by atoms with van der Waals surface area (Å²) in [6, 6.07) is 14.9. The molecular weight excluding hydrogens is 555 g/mol. The standard InChI is InChI=1S/C31H35FN6O3S/c1-20-16-38(19-34-20)24-13-21(17-37-11-10-25(32)26(18-37)36-30(40)41-31(2,3)4)12-23(14-24)35-28(39)29-33-15-27(42-29)22-8-6-5-7-9-22/h5-9,12-16,19,25-26H,10-11,17-18H2,1-4H3,(H,35,39)(H,36,40)/t25-,26-/m1/s1. The summed E-state index contributed by atoms with van der Waals surface area (Å²) < 4.78 is 22.0. The first-order chi connectivity index (χ1) is 20.0. The minimum atomic E-state index is -1.16. The number of nitrogens with one attached hydrogen (secondary N) is 2. The number of rotatable bonds is 7. The Morgan fingerprint density at radius 2 is 1.93 bits per heavy atom. The van der Waals surface area contributed by atoms with Crippen molar-refractivity contribution in [2.75, 3.05) is 18.4 Å². The summed E-state index contributed by atoms with van der Waals surface area (Å²) in [4.78, 5) is 37.2. The molecule has 1 aliphatic heterocycles. The van der Waals surface area contributed by atoms with Crippen LogP contribution in [0.2, 0.25) is 0 Å². The SMILES string of the molecule is Cc1cn(-c2cc(CN3CC[C@@H](F)[C@H](NC(=O)OC(C)(C)C)C3)cc(NC(=O)c3ncc(-c4ccccc4)s3)c2)cn1. The largest absolute Gasteiger partial charge is 0.444 e. The van der Waals surface area contributed by atoms with Crippen LogP contribution in [0.15, 0.2) is 67.3 Å². The molecule has 3 heterocycles. The number of hydrogen-bond acceptors (Lipinski definition) is 7. The molecule has 5 rings (SSSR count). The lowest BCUT2D eigenvalue weighted by Crippen LogP contribution is -2.54. The molecule has 1 aliphatic rings. The monoisotopic (exact) mass is 590 g/mol. The van der Waals surface area contributed by atoms with E-state index in [1.165, 1.54) is 11.3 Å². The van der Waals surface area contributed by atoms with Crippen LogP contribution in [-0.4, -0.2) is 62.3 Å². The first-order valence-corrected chi connectivity index (χ1v) is 14.7. The second-order valence-electron chi connectivity index (χ2n) is 11.5. The van der Waals surface area contributed by atoms with Crippen molar-refractivity contribution in [3.05, 3.63) is 83.5 Å². The van der Waals surface area contributed by atoms with Crippen LogP contribution >= 0.6 is 11.3 Å². The number of thiazole rings is 1. The zero-order valence-corrected chi connectivity index (χ0v) is 25.0. The number of piperidine rings is 1. The van der Waals surface area contributed by atoms with Crippen LogP contribution in [0.3, 0.4) is 0 Å². The van der Waals surface area contributed by atoms with Gasteiger partial charge in [0.15, 0.2) is 5.01 Å². The Balaban J connectivity index is 1.33. The topological polar surface area (TPSA) is 101 Å². The lowest BCUT2D eigenvalue weighted by atomic mass is 10.0. The van der Waals surface area contributed by atoms with Gasteiger partial charge in [0, 0.05) is 43.4 Å². The average molecular weight is 591 g/mol. The highest BCUT2D eigenvalue weighted by molar-refractivity contribution is 7.17. The maximum Gasteiger partial charge on any atom is 0.408 e. The maximum absolute atomic E-state index is 14.8. The number of anilines is 1. The number of imidazole rings is 1. The highest BCUT2D eigenvalue weighted by Gasteiger charge is 2.32. The predicted molar refractivity (Wildman–Crippen MR) is 162 cm³/mol. The molecule has 4 aromatic rings. The van der Waals surface area contributed by atoms with Crippen molar-refractivity contribution < 1.29 is 18.7 Å². The molecule has 9 nitrogen and oxygen atoms in total. The van der Waals surface area contributed by atoms with Gasteiger partial charge in [0.25, 0.3) is 5.91 Å². The molecule has 0 spiro atoms. The predicted octanol–water partition coefficient (Wildman–Crippen LogP) is 5.99. The van der Waals surface area contributed by atoms with E-state index in [0.717, 1.165) is 27.4 Å². The van der Waals surface area contributed by atoms with Crippen molar-refractivity contribution in [2.24, 2.45) is 0 Å². The summed E-state index contributed by atoms with van der Waals surface area (Å²) >= 11 is 1.33. The van der Waals surface area contributed by atoms with E-state index in [0.29, 0.717) is 30.3 Å². The fourth-order valence-electron chi connectivity index (χ4n) is 4.84. The third-order valence-electron chi connectivity index (χ3n) is 6.72. The maximum atomic E-state index is 14.8. The number of nitrogens with zero attached hydrogens (tertiary/aromatic N) is 4. The lowest BCUT2D eigenvalue weighted by Gasteiger charge is -2.35. The smallest absolute Gasteiger partial charge is 0.408 e. The summed E-state index contributed by atoms with van der Waals surface area (Å²) in [5.41, 5.74) is 3.56. The van der Waals surface area contributed by atoms with E-state index < -0.39 is 23.9 Å². The van der Waals surface area contributed by atoms with E-state index in [2.05, 4.69) is 25.5 Å². The second kappa shape index (κ2) is 12.4. The molecule has 0 bridgehead atoms.